The lowest BCUT2D eigenvalue weighted by atomic mass is 10.1. The third-order valence-electron chi connectivity index (χ3n) is 3.41. The molecule has 0 saturated carbocycles. The summed E-state index contributed by atoms with van der Waals surface area (Å²) in [4.78, 5) is 12.2. The molecule has 2 aromatic heterocycles. The lowest BCUT2D eigenvalue weighted by molar-refractivity contribution is 0.0923. The number of carbonyl (C=O) groups is 1. The Kier molecular flexibility index (Phi) is 3.51. The summed E-state index contributed by atoms with van der Waals surface area (Å²) in [6.45, 7) is 2.31. The van der Waals surface area contributed by atoms with Crippen molar-refractivity contribution in [3.63, 3.8) is 0 Å². The first-order chi connectivity index (χ1) is 9.75. The van der Waals surface area contributed by atoms with Crippen LogP contribution in [-0.4, -0.2) is 38.6 Å². The predicted molar refractivity (Wildman–Crippen MR) is 71.1 cm³/mol. The van der Waals surface area contributed by atoms with E-state index < -0.39 is 0 Å². The summed E-state index contributed by atoms with van der Waals surface area (Å²) < 4.78 is 8.97. The second-order valence-electron chi connectivity index (χ2n) is 4.73. The van der Waals surface area contributed by atoms with E-state index in [1.165, 1.54) is 0 Å². The first-order valence-corrected chi connectivity index (χ1v) is 6.64. The normalized spacial score (nSPS) is 14.1. The quantitative estimate of drug-likeness (QED) is 0.860. The summed E-state index contributed by atoms with van der Waals surface area (Å²) in [5.74, 6) is -0.153. The standard InChI is InChI=1S/C13H17N5O2/c1-17-11-3-8-20-9-10(11)12(16-17)13(19)14-5-7-18-6-2-4-15-18/h2,4,6H,3,5,7-9H2,1H3,(H,14,19). The van der Waals surface area contributed by atoms with Crippen molar-refractivity contribution in [2.24, 2.45) is 7.05 Å². The fourth-order valence-electron chi connectivity index (χ4n) is 2.39. The predicted octanol–water partition coefficient (Wildman–Crippen LogP) is 0.119. The molecule has 0 spiro atoms. The summed E-state index contributed by atoms with van der Waals surface area (Å²) >= 11 is 0. The van der Waals surface area contributed by atoms with Gasteiger partial charge in [0.1, 0.15) is 0 Å². The molecule has 3 heterocycles. The van der Waals surface area contributed by atoms with Gasteiger partial charge in [-0.3, -0.25) is 14.2 Å². The summed E-state index contributed by atoms with van der Waals surface area (Å²) in [6, 6.07) is 1.86. The van der Waals surface area contributed by atoms with Crippen molar-refractivity contribution < 1.29 is 9.53 Å². The third-order valence-corrected chi connectivity index (χ3v) is 3.41. The molecule has 1 aliphatic rings. The smallest absolute Gasteiger partial charge is 0.272 e. The number of nitrogens with zero attached hydrogens (tertiary/aromatic N) is 4. The Bertz CT molecular complexity index is 603. The molecule has 106 valence electrons. The van der Waals surface area contributed by atoms with E-state index in [9.17, 15) is 4.79 Å². The van der Waals surface area contributed by atoms with Crippen LogP contribution in [0.2, 0.25) is 0 Å². The molecule has 1 N–H and O–H groups in total. The van der Waals surface area contributed by atoms with Crippen LogP contribution in [0.5, 0.6) is 0 Å². The van der Waals surface area contributed by atoms with Gasteiger partial charge in [-0.05, 0) is 6.07 Å². The maximum absolute atomic E-state index is 12.2. The van der Waals surface area contributed by atoms with Crippen LogP contribution in [0, 0.1) is 0 Å². The van der Waals surface area contributed by atoms with E-state index in [1.807, 2.05) is 19.3 Å². The van der Waals surface area contributed by atoms with Crippen LogP contribution >= 0.6 is 0 Å². The summed E-state index contributed by atoms with van der Waals surface area (Å²) in [6.07, 6.45) is 4.39. The largest absolute Gasteiger partial charge is 0.376 e. The van der Waals surface area contributed by atoms with E-state index in [0.717, 1.165) is 17.7 Å². The molecule has 0 bridgehead atoms. The maximum atomic E-state index is 12.2. The van der Waals surface area contributed by atoms with E-state index in [4.69, 9.17) is 4.74 Å². The SMILES string of the molecule is Cn1nc(C(=O)NCCn2cccn2)c2c1CCOC2. The van der Waals surface area contributed by atoms with Crippen LogP contribution in [0.4, 0.5) is 0 Å². The molecule has 0 aliphatic carbocycles. The molecule has 0 saturated heterocycles. The molecule has 0 unspecified atom stereocenters. The van der Waals surface area contributed by atoms with Crippen LogP contribution in [0.15, 0.2) is 18.5 Å². The van der Waals surface area contributed by atoms with Crippen molar-refractivity contribution in [1.82, 2.24) is 24.9 Å². The maximum Gasteiger partial charge on any atom is 0.272 e. The lowest BCUT2D eigenvalue weighted by Gasteiger charge is -2.13. The van der Waals surface area contributed by atoms with E-state index in [-0.39, 0.29) is 5.91 Å². The van der Waals surface area contributed by atoms with Gasteiger partial charge >= 0.3 is 0 Å². The number of fused-ring (bicyclic) bond motifs is 1. The second-order valence-corrected chi connectivity index (χ2v) is 4.73. The van der Waals surface area contributed by atoms with Gasteiger partial charge in [-0.15, -0.1) is 0 Å². The molecule has 3 rings (SSSR count). The fraction of sp³-hybridized carbons (Fsp3) is 0.462. The van der Waals surface area contributed by atoms with Crippen LogP contribution in [0.3, 0.4) is 0 Å². The zero-order valence-electron chi connectivity index (χ0n) is 11.4. The van der Waals surface area contributed by atoms with Gasteiger partial charge in [0.2, 0.25) is 0 Å². The first kappa shape index (κ1) is 12.9. The number of amides is 1. The molecule has 1 amide bonds. The molecular formula is C13H17N5O2. The first-order valence-electron chi connectivity index (χ1n) is 6.64. The minimum Gasteiger partial charge on any atom is -0.376 e. The van der Waals surface area contributed by atoms with Crippen molar-refractivity contribution in [2.45, 2.75) is 19.6 Å². The molecule has 0 radical (unpaired) electrons. The number of rotatable bonds is 4. The van der Waals surface area contributed by atoms with Gasteiger partial charge in [0.05, 0.1) is 19.8 Å². The molecule has 7 nitrogen and oxygen atoms in total. The third kappa shape index (κ3) is 2.44. The zero-order chi connectivity index (χ0) is 13.9. The van der Waals surface area contributed by atoms with Crippen LogP contribution in [-0.2, 0) is 31.4 Å². The Hall–Kier alpha value is -2.15. The zero-order valence-corrected chi connectivity index (χ0v) is 11.4. The van der Waals surface area contributed by atoms with Crippen molar-refractivity contribution in [2.75, 3.05) is 13.2 Å². The number of aromatic nitrogens is 4. The number of nitrogens with one attached hydrogen (secondary N) is 1. The molecule has 1 aliphatic heterocycles. The van der Waals surface area contributed by atoms with E-state index >= 15 is 0 Å². The molecule has 0 fully saturated rings. The van der Waals surface area contributed by atoms with Crippen LogP contribution < -0.4 is 5.32 Å². The van der Waals surface area contributed by atoms with Gasteiger partial charge in [0.25, 0.3) is 5.91 Å². The summed E-state index contributed by atoms with van der Waals surface area (Å²) in [7, 11) is 1.87. The van der Waals surface area contributed by atoms with Gasteiger partial charge in [0.15, 0.2) is 5.69 Å². The van der Waals surface area contributed by atoms with Crippen LogP contribution in [0.1, 0.15) is 21.7 Å². The Labute approximate surface area is 116 Å². The van der Waals surface area contributed by atoms with Gasteiger partial charge in [-0.1, -0.05) is 0 Å². The van der Waals surface area contributed by atoms with Gasteiger partial charge < -0.3 is 10.1 Å². The molecule has 7 heteroatoms. The highest BCUT2D eigenvalue weighted by molar-refractivity contribution is 5.94. The number of hydrogen-bond acceptors (Lipinski definition) is 4. The monoisotopic (exact) mass is 275 g/mol. The second kappa shape index (κ2) is 5.46. The molecule has 0 atom stereocenters. The van der Waals surface area contributed by atoms with Crippen molar-refractivity contribution in [3.05, 3.63) is 35.4 Å². The van der Waals surface area contributed by atoms with Gasteiger partial charge in [-0.2, -0.15) is 10.2 Å². The number of aryl methyl sites for hydroxylation is 1. The molecular weight excluding hydrogens is 258 g/mol. The van der Waals surface area contributed by atoms with E-state index in [0.29, 0.717) is 32.0 Å². The highest BCUT2D eigenvalue weighted by Crippen LogP contribution is 2.19. The highest BCUT2D eigenvalue weighted by atomic mass is 16.5. The molecule has 20 heavy (non-hydrogen) atoms. The summed E-state index contributed by atoms with van der Waals surface area (Å²) in [5.41, 5.74) is 2.48. The van der Waals surface area contributed by atoms with Crippen molar-refractivity contribution in [1.29, 1.82) is 0 Å². The van der Waals surface area contributed by atoms with E-state index in [2.05, 4.69) is 15.5 Å². The minimum atomic E-state index is -0.153. The Morgan fingerprint density at radius 3 is 3.25 bits per heavy atom. The number of carbonyl (C=O) groups excluding carboxylic acids is 1. The highest BCUT2D eigenvalue weighted by Gasteiger charge is 2.23. The van der Waals surface area contributed by atoms with E-state index in [1.54, 1.807) is 15.6 Å². The minimum absolute atomic E-state index is 0.153. The Balaban J connectivity index is 1.65. The fourth-order valence-corrected chi connectivity index (χ4v) is 2.39. The van der Waals surface area contributed by atoms with Crippen molar-refractivity contribution >= 4 is 5.91 Å². The lowest BCUT2D eigenvalue weighted by Crippen LogP contribution is -2.29. The topological polar surface area (TPSA) is 74.0 Å². The van der Waals surface area contributed by atoms with Crippen molar-refractivity contribution in [3.8, 4) is 0 Å². The number of hydrogen-bond donors (Lipinski definition) is 1. The van der Waals surface area contributed by atoms with Crippen LogP contribution in [0.25, 0.3) is 0 Å². The van der Waals surface area contributed by atoms with Gasteiger partial charge in [-0.25, -0.2) is 0 Å². The van der Waals surface area contributed by atoms with Gasteiger partial charge in [0, 0.05) is 43.7 Å². The number of ether oxygens (including phenoxy) is 1. The Morgan fingerprint density at radius 2 is 2.45 bits per heavy atom. The average molecular weight is 275 g/mol. The average Bonchev–Trinajstić information content (AvgIpc) is 3.08. The molecule has 2 aromatic rings. The summed E-state index contributed by atoms with van der Waals surface area (Å²) in [5, 5.41) is 11.3. The molecule has 0 aromatic carbocycles. The Morgan fingerprint density at radius 1 is 1.55 bits per heavy atom.